The molecule has 1 aliphatic carbocycles. The molecule has 5 heteroatoms. The maximum atomic E-state index is 12.7. The smallest absolute Gasteiger partial charge is 0.317 e. The molecule has 0 saturated heterocycles. The van der Waals surface area contributed by atoms with E-state index in [2.05, 4.69) is 0 Å². The van der Waals surface area contributed by atoms with E-state index in [-0.39, 0.29) is 18.3 Å². The van der Waals surface area contributed by atoms with Crippen LogP contribution in [0, 0.1) is 5.92 Å². The number of thiophene rings is 1. The molecule has 0 unspecified atom stereocenters. The van der Waals surface area contributed by atoms with E-state index >= 15 is 0 Å². The highest BCUT2D eigenvalue weighted by molar-refractivity contribution is 7.08. The molecule has 2 aromatic rings. The highest BCUT2D eigenvalue weighted by atomic mass is 35.5. The molecule has 0 spiro atoms. The van der Waals surface area contributed by atoms with Gasteiger partial charge in [-0.15, -0.1) is 0 Å². The van der Waals surface area contributed by atoms with Crippen LogP contribution >= 0.6 is 22.9 Å². The minimum Gasteiger partial charge on any atom is -0.465 e. The molecule has 1 aliphatic rings. The molecule has 0 N–H and O–H groups in total. The molecule has 3 rings (SSSR count). The Morgan fingerprint density at radius 3 is 2.79 bits per heavy atom. The lowest BCUT2D eigenvalue weighted by Gasteiger charge is -2.29. The molecule has 0 saturated carbocycles. The van der Waals surface area contributed by atoms with Gasteiger partial charge in [-0.25, -0.2) is 0 Å². The van der Waals surface area contributed by atoms with Gasteiger partial charge in [-0.1, -0.05) is 29.8 Å². The number of halogens is 1. The molecule has 2 atom stereocenters. The summed E-state index contributed by atoms with van der Waals surface area (Å²) in [5.74, 6) is -1.85. The van der Waals surface area contributed by atoms with Gasteiger partial charge in [-0.3, -0.25) is 9.59 Å². The first-order valence-electron chi connectivity index (χ1n) is 7.80. The predicted molar refractivity (Wildman–Crippen MR) is 96.2 cm³/mol. The number of esters is 1. The van der Waals surface area contributed by atoms with Gasteiger partial charge in [-0.2, -0.15) is 11.3 Å². The number of benzene rings is 1. The molecule has 0 bridgehead atoms. The van der Waals surface area contributed by atoms with E-state index in [0.717, 1.165) is 16.7 Å². The highest BCUT2D eigenvalue weighted by Crippen LogP contribution is 2.42. The fraction of sp³-hybridized carbons (Fsp3) is 0.263. The first kappa shape index (κ1) is 16.9. The number of rotatable bonds is 4. The molecular weight excluding hydrogens is 344 g/mol. The Labute approximate surface area is 149 Å². The van der Waals surface area contributed by atoms with Crippen molar-refractivity contribution < 1.29 is 14.3 Å². The second-order valence-corrected chi connectivity index (χ2v) is 6.83. The van der Waals surface area contributed by atoms with Gasteiger partial charge in [0.25, 0.3) is 0 Å². The van der Waals surface area contributed by atoms with Gasteiger partial charge in [-0.05, 0) is 59.0 Å². The summed E-state index contributed by atoms with van der Waals surface area (Å²) in [5, 5.41) is 4.55. The van der Waals surface area contributed by atoms with Crippen molar-refractivity contribution in [3.63, 3.8) is 0 Å². The summed E-state index contributed by atoms with van der Waals surface area (Å²) < 4.78 is 5.14. The van der Waals surface area contributed by atoms with E-state index in [9.17, 15) is 9.59 Å². The van der Waals surface area contributed by atoms with Crippen molar-refractivity contribution in [1.82, 2.24) is 0 Å². The summed E-state index contributed by atoms with van der Waals surface area (Å²) in [6, 6.07) is 9.36. The van der Waals surface area contributed by atoms with Crippen LogP contribution in [0.2, 0.25) is 5.02 Å². The lowest BCUT2D eigenvalue weighted by molar-refractivity contribution is -0.151. The van der Waals surface area contributed by atoms with Crippen molar-refractivity contribution in [2.75, 3.05) is 6.61 Å². The number of allylic oxidation sites excluding steroid dienone is 2. The summed E-state index contributed by atoms with van der Waals surface area (Å²) in [4.78, 5) is 25.1. The Morgan fingerprint density at radius 1 is 1.33 bits per heavy atom. The van der Waals surface area contributed by atoms with E-state index in [4.69, 9.17) is 16.3 Å². The quantitative estimate of drug-likeness (QED) is 0.585. The number of carbonyl (C=O) groups is 2. The average molecular weight is 361 g/mol. The van der Waals surface area contributed by atoms with Gasteiger partial charge in [0.15, 0.2) is 5.78 Å². The molecule has 0 fully saturated rings. The minimum absolute atomic E-state index is 0.217. The van der Waals surface area contributed by atoms with E-state index in [0.29, 0.717) is 11.4 Å². The standard InChI is InChI=1S/C19H17ClO3S/c1-2-23-19(22)18-15(14-5-3-4-6-16(14)20)9-13(10-17(18)21)12-7-8-24-11-12/h3-8,10-11,15,18H,2,9H2,1H3/t15-,18+/m0/s1. The van der Waals surface area contributed by atoms with E-state index in [1.54, 1.807) is 30.4 Å². The second-order valence-electron chi connectivity index (χ2n) is 5.65. The molecule has 0 amide bonds. The summed E-state index contributed by atoms with van der Waals surface area (Å²) in [6.45, 7) is 1.99. The summed E-state index contributed by atoms with van der Waals surface area (Å²) >= 11 is 7.92. The number of carbonyl (C=O) groups excluding carboxylic acids is 2. The van der Waals surface area contributed by atoms with Crippen LogP contribution < -0.4 is 0 Å². The molecule has 24 heavy (non-hydrogen) atoms. The number of ketones is 1. The summed E-state index contributed by atoms with van der Waals surface area (Å²) in [7, 11) is 0. The normalized spacial score (nSPS) is 20.6. The van der Waals surface area contributed by atoms with E-state index < -0.39 is 11.9 Å². The Hall–Kier alpha value is -1.91. The molecule has 1 aromatic heterocycles. The number of hydrogen-bond acceptors (Lipinski definition) is 4. The van der Waals surface area contributed by atoms with Crippen LogP contribution in [0.4, 0.5) is 0 Å². The van der Waals surface area contributed by atoms with Gasteiger partial charge in [0.2, 0.25) is 0 Å². The maximum absolute atomic E-state index is 12.7. The largest absolute Gasteiger partial charge is 0.465 e. The van der Waals surface area contributed by atoms with E-state index in [1.807, 2.05) is 35.0 Å². The van der Waals surface area contributed by atoms with Gasteiger partial charge >= 0.3 is 5.97 Å². The van der Waals surface area contributed by atoms with Crippen molar-refractivity contribution in [1.29, 1.82) is 0 Å². The molecule has 1 aromatic carbocycles. The zero-order valence-electron chi connectivity index (χ0n) is 13.2. The Bertz CT molecular complexity index is 780. The molecule has 0 radical (unpaired) electrons. The first-order valence-corrected chi connectivity index (χ1v) is 9.12. The van der Waals surface area contributed by atoms with Crippen molar-refractivity contribution in [3.05, 3.63) is 63.3 Å². The highest BCUT2D eigenvalue weighted by Gasteiger charge is 2.40. The van der Waals surface area contributed by atoms with Gasteiger partial charge in [0.1, 0.15) is 5.92 Å². The lowest BCUT2D eigenvalue weighted by Crippen LogP contribution is -2.34. The third-order valence-electron chi connectivity index (χ3n) is 4.20. The first-order chi connectivity index (χ1) is 11.6. The summed E-state index contributed by atoms with van der Waals surface area (Å²) in [5.41, 5.74) is 2.77. The molecule has 124 valence electrons. The maximum Gasteiger partial charge on any atom is 0.317 e. The van der Waals surface area contributed by atoms with Gasteiger partial charge in [0, 0.05) is 10.9 Å². The van der Waals surface area contributed by atoms with Crippen LogP contribution in [-0.2, 0) is 14.3 Å². The topological polar surface area (TPSA) is 43.4 Å². The van der Waals surface area contributed by atoms with Crippen LogP contribution in [0.25, 0.3) is 5.57 Å². The molecular formula is C19H17ClO3S. The monoisotopic (exact) mass is 360 g/mol. The minimum atomic E-state index is -0.841. The number of hydrogen-bond donors (Lipinski definition) is 0. The third-order valence-corrected chi connectivity index (χ3v) is 5.23. The SMILES string of the molecule is CCOC(=O)[C@H]1C(=O)C=C(c2ccsc2)C[C@H]1c1ccccc1Cl. The number of ether oxygens (including phenoxy) is 1. The molecule has 3 nitrogen and oxygen atoms in total. The van der Waals surface area contributed by atoms with Gasteiger partial charge < -0.3 is 4.74 Å². The van der Waals surface area contributed by atoms with Crippen molar-refractivity contribution in [2.24, 2.45) is 5.92 Å². The molecule has 0 aliphatic heterocycles. The van der Waals surface area contributed by atoms with Gasteiger partial charge in [0.05, 0.1) is 6.61 Å². The van der Waals surface area contributed by atoms with Crippen LogP contribution in [0.1, 0.15) is 30.4 Å². The zero-order valence-corrected chi connectivity index (χ0v) is 14.8. The fourth-order valence-corrected chi connectivity index (χ4v) is 4.06. The Balaban J connectivity index is 2.04. The average Bonchev–Trinajstić information content (AvgIpc) is 3.09. The molecule has 1 heterocycles. The van der Waals surface area contributed by atoms with Crippen LogP contribution in [0.15, 0.2) is 47.2 Å². The van der Waals surface area contributed by atoms with Crippen LogP contribution in [0.5, 0.6) is 0 Å². The summed E-state index contributed by atoms with van der Waals surface area (Å²) in [6.07, 6.45) is 2.16. The van der Waals surface area contributed by atoms with Crippen LogP contribution in [0.3, 0.4) is 0 Å². The van der Waals surface area contributed by atoms with Crippen molar-refractivity contribution in [2.45, 2.75) is 19.3 Å². The predicted octanol–water partition coefficient (Wildman–Crippen LogP) is 4.72. The van der Waals surface area contributed by atoms with Crippen molar-refractivity contribution >= 4 is 40.3 Å². The Kier molecular flexibility index (Phi) is 5.17. The Morgan fingerprint density at radius 2 is 2.12 bits per heavy atom. The fourth-order valence-electron chi connectivity index (χ4n) is 3.10. The van der Waals surface area contributed by atoms with Crippen molar-refractivity contribution in [3.8, 4) is 0 Å². The lowest BCUT2D eigenvalue weighted by atomic mass is 9.74. The zero-order chi connectivity index (χ0) is 17.1. The van der Waals surface area contributed by atoms with E-state index in [1.165, 1.54) is 0 Å². The third kappa shape index (κ3) is 3.30. The second kappa shape index (κ2) is 7.32. The van der Waals surface area contributed by atoms with Crippen LogP contribution in [-0.4, -0.2) is 18.4 Å².